The van der Waals surface area contributed by atoms with Crippen LogP contribution in [0.1, 0.15) is 29.4 Å². The van der Waals surface area contributed by atoms with Crippen LogP contribution in [0.25, 0.3) is 0 Å². The normalized spacial score (nSPS) is 28.1. The van der Waals surface area contributed by atoms with Gasteiger partial charge in [-0.15, -0.1) is 11.3 Å². The van der Waals surface area contributed by atoms with Crippen molar-refractivity contribution in [2.75, 3.05) is 11.4 Å². The molecule has 5 heteroatoms. The lowest BCUT2D eigenvalue weighted by atomic mass is 10.2. The van der Waals surface area contributed by atoms with Crippen molar-refractivity contribution in [3.8, 4) is 0 Å². The molecule has 3 atom stereocenters. The SMILES string of the molecule is Cc1ccsc1[C@@H]1N(c2ccccn2)C(=O)[C@H]2CCC[NH+]21. The molecule has 0 spiro atoms. The van der Waals surface area contributed by atoms with E-state index in [1.165, 1.54) is 15.3 Å². The van der Waals surface area contributed by atoms with Crippen LogP contribution in [-0.4, -0.2) is 23.5 Å². The first-order chi connectivity index (χ1) is 10.3. The summed E-state index contributed by atoms with van der Waals surface area (Å²) < 4.78 is 0. The van der Waals surface area contributed by atoms with Gasteiger partial charge in [-0.1, -0.05) is 6.07 Å². The zero-order valence-electron chi connectivity index (χ0n) is 12.0. The van der Waals surface area contributed by atoms with Crippen molar-refractivity contribution in [1.82, 2.24) is 4.98 Å². The summed E-state index contributed by atoms with van der Waals surface area (Å²) in [7, 11) is 0. The predicted molar refractivity (Wildman–Crippen MR) is 82.4 cm³/mol. The Balaban J connectivity index is 1.83. The maximum absolute atomic E-state index is 12.9. The van der Waals surface area contributed by atoms with Crippen LogP contribution in [0.15, 0.2) is 35.8 Å². The van der Waals surface area contributed by atoms with Crippen LogP contribution in [0.2, 0.25) is 0 Å². The molecule has 1 unspecified atom stereocenters. The number of hydrogen-bond donors (Lipinski definition) is 1. The standard InChI is InChI=1S/C16H17N3OS/c1-11-7-10-21-14(11)15-18-9-4-5-12(18)16(20)19(15)13-6-2-3-8-17-13/h2-3,6-8,10,12,15H,4-5,9H2,1H3/p+1/t12-,15+/m1/s1. The third kappa shape index (κ3) is 1.92. The van der Waals surface area contributed by atoms with Crippen molar-refractivity contribution in [3.05, 3.63) is 46.3 Å². The molecule has 0 saturated carbocycles. The number of hydrogen-bond acceptors (Lipinski definition) is 3. The Labute approximate surface area is 128 Å². The number of aryl methyl sites for hydroxylation is 1. The van der Waals surface area contributed by atoms with Gasteiger partial charge < -0.3 is 4.90 Å². The highest BCUT2D eigenvalue weighted by atomic mass is 32.1. The maximum atomic E-state index is 12.9. The summed E-state index contributed by atoms with van der Waals surface area (Å²) in [6.45, 7) is 3.21. The minimum Gasteiger partial charge on any atom is -0.300 e. The number of thiophene rings is 1. The number of fused-ring (bicyclic) bond motifs is 1. The maximum Gasteiger partial charge on any atom is 0.291 e. The molecule has 0 radical (unpaired) electrons. The molecule has 0 aromatic carbocycles. The van der Waals surface area contributed by atoms with Crippen LogP contribution in [0.4, 0.5) is 5.82 Å². The first-order valence-electron chi connectivity index (χ1n) is 7.41. The quantitative estimate of drug-likeness (QED) is 0.913. The van der Waals surface area contributed by atoms with E-state index in [1.54, 1.807) is 17.5 Å². The van der Waals surface area contributed by atoms with Gasteiger partial charge in [-0.05, 0) is 36.1 Å². The van der Waals surface area contributed by atoms with E-state index in [-0.39, 0.29) is 18.1 Å². The minimum atomic E-state index is 0.0971. The summed E-state index contributed by atoms with van der Waals surface area (Å²) in [5.74, 6) is 1.02. The second-order valence-electron chi connectivity index (χ2n) is 5.79. The number of nitrogens with zero attached hydrogens (tertiary/aromatic N) is 2. The predicted octanol–water partition coefficient (Wildman–Crippen LogP) is 1.54. The monoisotopic (exact) mass is 300 g/mol. The number of anilines is 1. The number of quaternary nitrogens is 1. The molecule has 21 heavy (non-hydrogen) atoms. The van der Waals surface area contributed by atoms with Crippen molar-refractivity contribution in [2.24, 2.45) is 0 Å². The first-order valence-corrected chi connectivity index (χ1v) is 8.29. The van der Waals surface area contributed by atoms with Gasteiger partial charge in [-0.2, -0.15) is 0 Å². The third-order valence-corrected chi connectivity index (χ3v) is 5.67. The number of aromatic nitrogens is 1. The minimum absolute atomic E-state index is 0.0971. The highest BCUT2D eigenvalue weighted by molar-refractivity contribution is 7.10. The molecular formula is C16H18N3OS+. The molecule has 2 saturated heterocycles. The van der Waals surface area contributed by atoms with Crippen LogP contribution in [0, 0.1) is 6.92 Å². The van der Waals surface area contributed by atoms with Crippen LogP contribution in [0.5, 0.6) is 0 Å². The van der Waals surface area contributed by atoms with Gasteiger partial charge in [0.25, 0.3) is 5.91 Å². The zero-order valence-corrected chi connectivity index (χ0v) is 12.8. The number of nitrogens with one attached hydrogen (secondary N) is 1. The molecule has 2 aliphatic rings. The topological polar surface area (TPSA) is 37.6 Å². The molecule has 108 valence electrons. The molecule has 4 heterocycles. The Bertz CT molecular complexity index is 669. The van der Waals surface area contributed by atoms with Gasteiger partial charge in [0.1, 0.15) is 5.82 Å². The van der Waals surface area contributed by atoms with Crippen molar-refractivity contribution in [1.29, 1.82) is 0 Å². The lowest BCUT2D eigenvalue weighted by Gasteiger charge is -2.25. The van der Waals surface area contributed by atoms with E-state index < -0.39 is 0 Å². The van der Waals surface area contributed by atoms with Gasteiger partial charge >= 0.3 is 0 Å². The Hall–Kier alpha value is -1.72. The Morgan fingerprint density at radius 3 is 3.00 bits per heavy atom. The molecule has 4 rings (SSSR count). The molecule has 0 bridgehead atoms. The molecule has 2 fully saturated rings. The van der Waals surface area contributed by atoms with E-state index in [2.05, 4.69) is 23.4 Å². The van der Waals surface area contributed by atoms with Gasteiger partial charge in [0, 0.05) is 19.0 Å². The highest BCUT2D eigenvalue weighted by Gasteiger charge is 2.54. The van der Waals surface area contributed by atoms with Gasteiger partial charge in [0.2, 0.25) is 6.17 Å². The molecule has 2 aliphatic heterocycles. The second-order valence-corrected chi connectivity index (χ2v) is 6.73. The third-order valence-electron chi connectivity index (χ3n) is 4.60. The lowest BCUT2D eigenvalue weighted by Crippen LogP contribution is -3.12. The summed E-state index contributed by atoms with van der Waals surface area (Å²) in [6.07, 6.45) is 4.00. The van der Waals surface area contributed by atoms with Crippen molar-refractivity contribution < 1.29 is 9.69 Å². The number of carbonyl (C=O) groups is 1. The number of amides is 1. The van der Waals surface area contributed by atoms with E-state index in [1.807, 2.05) is 23.1 Å². The Morgan fingerprint density at radius 1 is 1.38 bits per heavy atom. The highest BCUT2D eigenvalue weighted by Crippen LogP contribution is 2.33. The van der Waals surface area contributed by atoms with Crippen LogP contribution < -0.4 is 9.80 Å². The average Bonchev–Trinajstić information content (AvgIpc) is 3.18. The molecular weight excluding hydrogens is 282 g/mol. The Kier molecular flexibility index (Phi) is 3.05. The fourth-order valence-corrected chi connectivity index (χ4v) is 4.69. The van der Waals surface area contributed by atoms with Crippen molar-refractivity contribution >= 4 is 23.1 Å². The van der Waals surface area contributed by atoms with Crippen LogP contribution in [-0.2, 0) is 4.79 Å². The van der Waals surface area contributed by atoms with E-state index in [4.69, 9.17) is 0 Å². The van der Waals surface area contributed by atoms with Crippen LogP contribution in [0.3, 0.4) is 0 Å². The first kappa shape index (κ1) is 13.0. The molecule has 1 amide bonds. The second kappa shape index (κ2) is 4.93. The van der Waals surface area contributed by atoms with Crippen molar-refractivity contribution in [2.45, 2.75) is 32.0 Å². The number of pyridine rings is 1. The van der Waals surface area contributed by atoms with Gasteiger partial charge in [-0.25, -0.2) is 9.88 Å². The lowest BCUT2D eigenvalue weighted by molar-refractivity contribution is -0.924. The smallest absolute Gasteiger partial charge is 0.291 e. The van der Waals surface area contributed by atoms with E-state index >= 15 is 0 Å². The molecule has 2 aromatic heterocycles. The van der Waals surface area contributed by atoms with E-state index in [0.29, 0.717) is 0 Å². The van der Waals surface area contributed by atoms with E-state index in [0.717, 1.165) is 25.2 Å². The van der Waals surface area contributed by atoms with Gasteiger partial charge in [0.15, 0.2) is 6.04 Å². The fourth-order valence-electron chi connectivity index (χ4n) is 3.63. The Morgan fingerprint density at radius 2 is 2.29 bits per heavy atom. The summed E-state index contributed by atoms with van der Waals surface area (Å²) >= 11 is 1.75. The summed E-state index contributed by atoms with van der Waals surface area (Å²) in [5, 5.41) is 2.12. The number of carbonyl (C=O) groups excluding carboxylic acids is 1. The van der Waals surface area contributed by atoms with E-state index in [9.17, 15) is 4.79 Å². The molecule has 2 aromatic rings. The largest absolute Gasteiger partial charge is 0.300 e. The summed E-state index contributed by atoms with van der Waals surface area (Å²) in [5.41, 5.74) is 1.28. The van der Waals surface area contributed by atoms with Gasteiger partial charge in [-0.3, -0.25) is 4.79 Å². The van der Waals surface area contributed by atoms with Crippen LogP contribution >= 0.6 is 11.3 Å². The molecule has 0 aliphatic carbocycles. The summed E-state index contributed by atoms with van der Waals surface area (Å²) in [6, 6.07) is 8.04. The summed E-state index contributed by atoms with van der Waals surface area (Å²) in [4.78, 5) is 21.9. The molecule has 4 nitrogen and oxygen atoms in total. The van der Waals surface area contributed by atoms with Crippen molar-refractivity contribution in [3.63, 3.8) is 0 Å². The number of rotatable bonds is 2. The average molecular weight is 300 g/mol. The van der Waals surface area contributed by atoms with Gasteiger partial charge in [0.05, 0.1) is 11.4 Å². The fraction of sp³-hybridized carbons (Fsp3) is 0.375. The molecule has 1 N–H and O–H groups in total. The zero-order chi connectivity index (χ0) is 14.4.